The Bertz CT molecular complexity index is 1010. The Balaban J connectivity index is 1.83. The molecule has 5 nitrogen and oxygen atoms in total. The lowest BCUT2D eigenvalue weighted by Gasteiger charge is -2.31. The molecule has 28 heavy (non-hydrogen) atoms. The highest BCUT2D eigenvalue weighted by Crippen LogP contribution is 2.36. The van der Waals surface area contributed by atoms with Gasteiger partial charge in [-0.25, -0.2) is 4.98 Å². The number of anilines is 1. The molecule has 0 spiro atoms. The first kappa shape index (κ1) is 18.3. The second-order valence-corrected chi connectivity index (χ2v) is 6.89. The van der Waals surface area contributed by atoms with Crippen molar-refractivity contribution in [1.29, 1.82) is 0 Å². The van der Waals surface area contributed by atoms with E-state index >= 15 is 0 Å². The van der Waals surface area contributed by atoms with Crippen molar-refractivity contribution in [1.82, 2.24) is 9.38 Å². The number of aromatic nitrogens is 2. The van der Waals surface area contributed by atoms with Crippen LogP contribution in [0.25, 0.3) is 16.9 Å². The van der Waals surface area contributed by atoms with E-state index in [0.717, 1.165) is 17.8 Å². The quantitative estimate of drug-likeness (QED) is 0.725. The van der Waals surface area contributed by atoms with Crippen molar-refractivity contribution in [3.05, 3.63) is 54.2 Å². The highest BCUT2D eigenvalue weighted by Gasteiger charge is 2.32. The molecule has 3 heterocycles. The molecule has 0 unspecified atom stereocenters. The summed E-state index contributed by atoms with van der Waals surface area (Å²) in [5, 5.41) is 9.20. The number of piperidine rings is 1. The largest absolute Gasteiger partial charge is 0.481 e. The fourth-order valence-corrected chi connectivity index (χ4v) is 3.62. The lowest BCUT2D eigenvalue weighted by atomic mass is 9.97. The first-order valence-corrected chi connectivity index (χ1v) is 8.97. The Kier molecular flexibility index (Phi) is 4.49. The lowest BCUT2D eigenvalue weighted by molar-refractivity contribution is -0.142. The van der Waals surface area contributed by atoms with Gasteiger partial charge in [-0.05, 0) is 25.0 Å². The van der Waals surface area contributed by atoms with Crippen molar-refractivity contribution in [2.24, 2.45) is 5.92 Å². The summed E-state index contributed by atoms with van der Waals surface area (Å²) >= 11 is 0. The van der Waals surface area contributed by atoms with Gasteiger partial charge < -0.3 is 10.0 Å². The molecule has 0 aliphatic carbocycles. The Morgan fingerprint density at radius 1 is 1.07 bits per heavy atom. The first-order valence-electron chi connectivity index (χ1n) is 8.97. The molecular formula is C20H18F3N3O2. The van der Waals surface area contributed by atoms with Crippen LogP contribution in [0.4, 0.5) is 19.0 Å². The maximum absolute atomic E-state index is 13.2. The number of pyridine rings is 1. The molecule has 4 rings (SSSR count). The monoisotopic (exact) mass is 389 g/mol. The van der Waals surface area contributed by atoms with Crippen molar-refractivity contribution < 1.29 is 23.1 Å². The summed E-state index contributed by atoms with van der Waals surface area (Å²) in [6, 6.07) is 11.5. The number of carboxylic acid groups (broad SMARTS) is 1. The summed E-state index contributed by atoms with van der Waals surface area (Å²) in [7, 11) is 0. The van der Waals surface area contributed by atoms with Gasteiger partial charge in [0.25, 0.3) is 0 Å². The molecule has 0 radical (unpaired) electrons. The predicted octanol–water partition coefficient (Wildman–Crippen LogP) is 4.32. The number of carbonyl (C=O) groups is 1. The Morgan fingerprint density at radius 3 is 2.36 bits per heavy atom. The molecule has 0 amide bonds. The van der Waals surface area contributed by atoms with Crippen LogP contribution in [0.2, 0.25) is 0 Å². The van der Waals surface area contributed by atoms with Crippen LogP contribution >= 0.6 is 0 Å². The third-order valence-corrected chi connectivity index (χ3v) is 5.12. The van der Waals surface area contributed by atoms with Gasteiger partial charge in [0.05, 0.1) is 17.2 Å². The Hall–Kier alpha value is -3.03. The summed E-state index contributed by atoms with van der Waals surface area (Å²) in [6.45, 7) is 0.986. The maximum atomic E-state index is 13.2. The number of benzene rings is 1. The van der Waals surface area contributed by atoms with E-state index in [1.165, 1.54) is 10.5 Å². The topological polar surface area (TPSA) is 57.8 Å². The van der Waals surface area contributed by atoms with Crippen LogP contribution in [-0.4, -0.2) is 33.6 Å². The van der Waals surface area contributed by atoms with Gasteiger partial charge in [0.15, 0.2) is 5.82 Å². The summed E-state index contributed by atoms with van der Waals surface area (Å²) in [5.74, 6) is -0.632. The predicted molar refractivity (Wildman–Crippen MR) is 98.2 cm³/mol. The van der Waals surface area contributed by atoms with Gasteiger partial charge in [-0.15, -0.1) is 0 Å². The van der Waals surface area contributed by atoms with Gasteiger partial charge >= 0.3 is 12.1 Å². The number of fused-ring (bicyclic) bond motifs is 1. The minimum atomic E-state index is -4.45. The van der Waals surface area contributed by atoms with Crippen molar-refractivity contribution in [3.63, 3.8) is 0 Å². The van der Waals surface area contributed by atoms with Gasteiger partial charge in [0, 0.05) is 24.8 Å². The molecule has 2 aromatic heterocycles. The third-order valence-electron chi connectivity index (χ3n) is 5.12. The van der Waals surface area contributed by atoms with Gasteiger partial charge in [-0.1, -0.05) is 30.3 Å². The molecule has 1 fully saturated rings. The fraction of sp³-hybridized carbons (Fsp3) is 0.300. The van der Waals surface area contributed by atoms with Crippen LogP contribution in [-0.2, 0) is 11.0 Å². The van der Waals surface area contributed by atoms with E-state index in [0.29, 0.717) is 43.1 Å². The van der Waals surface area contributed by atoms with E-state index in [9.17, 15) is 23.1 Å². The molecule has 0 bridgehead atoms. The van der Waals surface area contributed by atoms with Crippen LogP contribution in [0.15, 0.2) is 48.7 Å². The number of imidazole rings is 1. The minimum absolute atomic E-state index is 0.398. The molecule has 1 aliphatic rings. The molecule has 1 aliphatic heterocycles. The summed E-state index contributed by atoms with van der Waals surface area (Å²) < 4.78 is 41.2. The number of halogens is 3. The van der Waals surface area contributed by atoms with Crippen molar-refractivity contribution in [3.8, 4) is 11.3 Å². The molecule has 0 saturated carbocycles. The summed E-state index contributed by atoms with van der Waals surface area (Å²) in [4.78, 5) is 17.8. The van der Waals surface area contributed by atoms with E-state index in [4.69, 9.17) is 0 Å². The van der Waals surface area contributed by atoms with Gasteiger partial charge in [0.1, 0.15) is 5.65 Å². The number of nitrogens with zero attached hydrogens (tertiary/aromatic N) is 3. The fourth-order valence-electron chi connectivity index (χ4n) is 3.62. The first-order chi connectivity index (χ1) is 13.3. The standard InChI is InChI=1S/C20H18F3N3O2/c21-20(22,23)15-6-7-16-24-18(25-10-8-14(9-11-25)19(27)28)17(26(16)12-15)13-4-2-1-3-5-13/h1-7,12,14H,8-11H2,(H,27,28). The van der Waals surface area contributed by atoms with Crippen LogP contribution in [0, 0.1) is 5.92 Å². The van der Waals surface area contributed by atoms with E-state index in [2.05, 4.69) is 4.98 Å². The lowest BCUT2D eigenvalue weighted by Crippen LogP contribution is -2.36. The Morgan fingerprint density at radius 2 is 1.75 bits per heavy atom. The zero-order chi connectivity index (χ0) is 19.9. The molecule has 0 atom stereocenters. The highest BCUT2D eigenvalue weighted by atomic mass is 19.4. The molecular weight excluding hydrogens is 371 g/mol. The molecule has 146 valence electrons. The van der Waals surface area contributed by atoms with E-state index < -0.39 is 23.6 Å². The van der Waals surface area contributed by atoms with Gasteiger partial charge in [-0.2, -0.15) is 13.2 Å². The minimum Gasteiger partial charge on any atom is -0.481 e. The molecule has 3 aromatic rings. The number of aliphatic carboxylic acids is 1. The number of alkyl halides is 3. The second-order valence-electron chi connectivity index (χ2n) is 6.89. The summed E-state index contributed by atoms with van der Waals surface area (Å²) in [6.07, 6.45) is -2.43. The second kappa shape index (κ2) is 6.85. The number of hydrogen-bond acceptors (Lipinski definition) is 3. The van der Waals surface area contributed by atoms with E-state index in [1.807, 2.05) is 35.2 Å². The zero-order valence-corrected chi connectivity index (χ0v) is 14.9. The Labute approximate surface area is 159 Å². The molecule has 1 aromatic carbocycles. The average molecular weight is 389 g/mol. The normalized spacial score (nSPS) is 15.9. The SMILES string of the molecule is O=C(O)C1CCN(c2nc3ccc(C(F)(F)F)cn3c2-c2ccccc2)CC1. The average Bonchev–Trinajstić information content (AvgIpc) is 3.06. The van der Waals surface area contributed by atoms with Crippen molar-refractivity contribution in [2.45, 2.75) is 19.0 Å². The van der Waals surface area contributed by atoms with E-state index in [1.54, 1.807) is 0 Å². The smallest absolute Gasteiger partial charge is 0.417 e. The molecule has 1 saturated heterocycles. The molecule has 8 heteroatoms. The maximum Gasteiger partial charge on any atom is 0.417 e. The van der Waals surface area contributed by atoms with Crippen LogP contribution in [0.3, 0.4) is 0 Å². The third kappa shape index (κ3) is 3.30. The number of hydrogen-bond donors (Lipinski definition) is 1. The van der Waals surface area contributed by atoms with Gasteiger partial charge in [-0.3, -0.25) is 9.20 Å². The van der Waals surface area contributed by atoms with Crippen LogP contribution in [0.5, 0.6) is 0 Å². The number of rotatable bonds is 3. The van der Waals surface area contributed by atoms with Crippen molar-refractivity contribution >= 4 is 17.4 Å². The molecule has 1 N–H and O–H groups in total. The highest BCUT2D eigenvalue weighted by molar-refractivity contribution is 5.78. The van der Waals surface area contributed by atoms with Crippen LogP contribution < -0.4 is 4.90 Å². The summed E-state index contributed by atoms with van der Waals surface area (Å²) in [5.41, 5.74) is 1.01. The van der Waals surface area contributed by atoms with Crippen molar-refractivity contribution in [2.75, 3.05) is 18.0 Å². The van der Waals surface area contributed by atoms with E-state index in [-0.39, 0.29) is 0 Å². The zero-order valence-electron chi connectivity index (χ0n) is 14.9. The number of carboxylic acids is 1. The van der Waals surface area contributed by atoms with Crippen LogP contribution in [0.1, 0.15) is 18.4 Å². The van der Waals surface area contributed by atoms with Gasteiger partial charge in [0.2, 0.25) is 0 Å².